The first-order valence-electron chi connectivity index (χ1n) is 22.0. The van der Waals surface area contributed by atoms with Crippen LogP contribution in [0.5, 0.6) is 0 Å². The van der Waals surface area contributed by atoms with Crippen molar-refractivity contribution in [2.45, 2.75) is 232 Å². The highest BCUT2D eigenvalue weighted by Gasteiger charge is 2.16. The summed E-state index contributed by atoms with van der Waals surface area (Å²) in [5.41, 5.74) is 0. The van der Waals surface area contributed by atoms with Gasteiger partial charge in [-0.2, -0.15) is 0 Å². The van der Waals surface area contributed by atoms with Gasteiger partial charge in [0.25, 0.3) is 0 Å². The van der Waals surface area contributed by atoms with Gasteiger partial charge in [0.2, 0.25) is 0 Å². The van der Waals surface area contributed by atoms with Gasteiger partial charge in [0, 0.05) is 12.8 Å². The Labute approximate surface area is 316 Å². The summed E-state index contributed by atoms with van der Waals surface area (Å²) < 4.78 is 10.6. The maximum absolute atomic E-state index is 12.2. The molecule has 0 fully saturated rings. The zero-order valence-corrected chi connectivity index (χ0v) is 33.9. The Morgan fingerprint density at radius 1 is 0.431 bits per heavy atom. The lowest BCUT2D eigenvalue weighted by Gasteiger charge is -2.15. The number of hydrogen-bond acceptors (Lipinski definition) is 5. The first kappa shape index (κ1) is 49.1. The molecule has 0 aliphatic heterocycles. The molecule has 0 rings (SSSR count). The molecule has 51 heavy (non-hydrogen) atoms. The topological polar surface area (TPSA) is 72.8 Å². The van der Waals surface area contributed by atoms with Crippen LogP contribution in [0.4, 0.5) is 0 Å². The monoisotopic (exact) mass is 717 g/mol. The molecule has 5 heteroatoms. The molecule has 0 aliphatic rings. The molecule has 0 aromatic carbocycles. The number of unbranched alkanes of at least 4 members (excludes halogenated alkanes) is 26. The molecule has 0 bridgehead atoms. The molecule has 0 unspecified atom stereocenters. The van der Waals surface area contributed by atoms with Crippen LogP contribution in [0.1, 0.15) is 226 Å². The van der Waals surface area contributed by atoms with Crippen LogP contribution in [0.3, 0.4) is 0 Å². The van der Waals surface area contributed by atoms with Crippen LogP contribution in [0.25, 0.3) is 0 Å². The van der Waals surface area contributed by atoms with Crippen LogP contribution >= 0.6 is 0 Å². The normalized spacial score (nSPS) is 12.5. The summed E-state index contributed by atoms with van der Waals surface area (Å²) in [6, 6.07) is 0. The fourth-order valence-electron chi connectivity index (χ4n) is 6.28. The Morgan fingerprint density at radius 3 is 1.18 bits per heavy atom. The van der Waals surface area contributed by atoms with E-state index < -0.39 is 6.10 Å². The Bertz CT molecular complexity index is 816. The minimum Gasteiger partial charge on any atom is -0.462 e. The van der Waals surface area contributed by atoms with Gasteiger partial charge in [-0.05, 0) is 70.6 Å². The van der Waals surface area contributed by atoms with Gasteiger partial charge in [-0.1, -0.05) is 179 Å². The van der Waals surface area contributed by atoms with Gasteiger partial charge in [-0.25, -0.2) is 0 Å². The maximum Gasteiger partial charge on any atom is 0.306 e. The number of ether oxygens (including phenoxy) is 2. The van der Waals surface area contributed by atoms with Crippen LogP contribution in [0, 0.1) is 0 Å². The molecule has 0 radical (unpaired) electrons. The molecule has 0 aliphatic carbocycles. The zero-order chi connectivity index (χ0) is 37.1. The first-order valence-corrected chi connectivity index (χ1v) is 22.0. The van der Waals surface area contributed by atoms with E-state index in [1.807, 2.05) is 0 Å². The number of esters is 2. The van der Waals surface area contributed by atoms with E-state index >= 15 is 0 Å². The average molecular weight is 717 g/mol. The van der Waals surface area contributed by atoms with Crippen LogP contribution in [0.2, 0.25) is 0 Å². The van der Waals surface area contributed by atoms with Crippen molar-refractivity contribution >= 4 is 11.9 Å². The second-order valence-electron chi connectivity index (χ2n) is 14.8. The van der Waals surface area contributed by atoms with Gasteiger partial charge in [0.15, 0.2) is 6.10 Å². The van der Waals surface area contributed by atoms with E-state index in [0.29, 0.717) is 12.8 Å². The van der Waals surface area contributed by atoms with E-state index in [2.05, 4.69) is 50.3 Å². The van der Waals surface area contributed by atoms with Crippen LogP contribution in [0.15, 0.2) is 36.5 Å². The lowest BCUT2D eigenvalue weighted by molar-refractivity contribution is -0.161. The zero-order valence-electron chi connectivity index (χ0n) is 33.9. The summed E-state index contributed by atoms with van der Waals surface area (Å²) in [4.78, 5) is 24.3. The third-order valence-corrected chi connectivity index (χ3v) is 9.63. The van der Waals surface area contributed by atoms with Gasteiger partial charge in [-0.15, -0.1) is 0 Å². The van der Waals surface area contributed by atoms with E-state index in [9.17, 15) is 14.7 Å². The molecule has 298 valence electrons. The molecule has 0 spiro atoms. The average Bonchev–Trinajstić information content (AvgIpc) is 3.13. The number of rotatable bonds is 40. The van der Waals surface area contributed by atoms with Crippen molar-refractivity contribution in [3.8, 4) is 0 Å². The summed E-state index contributed by atoms with van der Waals surface area (Å²) in [7, 11) is 0. The first-order chi connectivity index (χ1) is 25.1. The maximum atomic E-state index is 12.2. The predicted molar refractivity (Wildman–Crippen MR) is 219 cm³/mol. The molecule has 0 aromatic heterocycles. The van der Waals surface area contributed by atoms with E-state index in [-0.39, 0.29) is 25.2 Å². The summed E-state index contributed by atoms with van der Waals surface area (Å²) in [5, 5.41) is 9.56. The molecule has 5 nitrogen and oxygen atoms in total. The standard InChI is InChI=1S/C46H84O5/c1-3-5-7-9-11-13-15-17-19-20-21-22-23-24-25-26-27-29-30-32-34-36-38-40-45(48)50-43-44(42-47)51-46(49)41-39-37-35-33-31-28-18-16-14-12-10-8-6-4-2/h16,18,26-27,32,34,44,47H,3-15,17,19-25,28-31,33,35-43H2,1-2H3/b18-16+,27-26+,34-32+/t44-/m0/s1. The van der Waals surface area contributed by atoms with Gasteiger partial charge in [0.1, 0.15) is 6.61 Å². The molecule has 1 atom stereocenters. The molecular formula is C46H84O5. The fourth-order valence-corrected chi connectivity index (χ4v) is 6.28. The SMILES string of the molecule is CCCCCCC/C=C/CCCCCCCC(=O)O[C@@H](CO)COC(=O)CCC/C=C/CC/C=C/CCCCCCCCCCCCCCCC. The minimum absolute atomic E-state index is 0.0884. The van der Waals surface area contributed by atoms with Crippen LogP contribution in [-0.2, 0) is 19.1 Å². The highest BCUT2D eigenvalue weighted by molar-refractivity contribution is 5.70. The lowest BCUT2D eigenvalue weighted by atomic mass is 10.0. The Hall–Kier alpha value is -1.88. The molecule has 0 aromatic rings. The van der Waals surface area contributed by atoms with E-state index in [0.717, 1.165) is 51.4 Å². The van der Waals surface area contributed by atoms with Crippen molar-refractivity contribution in [3.63, 3.8) is 0 Å². The number of allylic oxidation sites excluding steroid dienone is 6. The third kappa shape index (κ3) is 40.7. The second kappa shape index (κ2) is 42.5. The number of hydrogen-bond donors (Lipinski definition) is 1. The van der Waals surface area contributed by atoms with Gasteiger partial charge in [-0.3, -0.25) is 9.59 Å². The van der Waals surface area contributed by atoms with Crippen molar-refractivity contribution in [2.75, 3.05) is 13.2 Å². The smallest absolute Gasteiger partial charge is 0.306 e. The van der Waals surface area contributed by atoms with Gasteiger partial charge < -0.3 is 14.6 Å². The van der Waals surface area contributed by atoms with Crippen LogP contribution in [-0.4, -0.2) is 36.4 Å². The summed E-state index contributed by atoms with van der Waals surface area (Å²) >= 11 is 0. The lowest BCUT2D eigenvalue weighted by Crippen LogP contribution is -2.28. The third-order valence-electron chi connectivity index (χ3n) is 9.63. The number of aliphatic hydroxyl groups excluding tert-OH is 1. The molecule has 0 saturated carbocycles. The summed E-state index contributed by atoms with van der Waals surface area (Å²) in [6.07, 6.45) is 52.3. The predicted octanol–water partition coefficient (Wildman–Crippen LogP) is 14.0. The minimum atomic E-state index is -0.790. The van der Waals surface area contributed by atoms with Crippen molar-refractivity contribution in [1.82, 2.24) is 0 Å². The van der Waals surface area contributed by atoms with Crippen molar-refractivity contribution in [2.24, 2.45) is 0 Å². The Balaban J connectivity index is 3.57. The van der Waals surface area contributed by atoms with Crippen molar-refractivity contribution < 1.29 is 24.2 Å². The molecule has 0 heterocycles. The van der Waals surface area contributed by atoms with Crippen molar-refractivity contribution in [3.05, 3.63) is 36.5 Å². The molecule has 0 amide bonds. The summed E-state index contributed by atoms with van der Waals surface area (Å²) in [5.74, 6) is -0.645. The van der Waals surface area contributed by atoms with E-state index in [1.165, 1.54) is 148 Å². The Kier molecular flexibility index (Phi) is 41.0. The second-order valence-corrected chi connectivity index (χ2v) is 14.8. The van der Waals surface area contributed by atoms with Gasteiger partial charge in [0.05, 0.1) is 6.61 Å². The fraction of sp³-hybridized carbons (Fsp3) is 0.826. The number of carbonyl (C=O) groups excluding carboxylic acids is 2. The quantitative estimate of drug-likeness (QED) is 0.0388. The highest BCUT2D eigenvalue weighted by Crippen LogP contribution is 2.14. The van der Waals surface area contributed by atoms with E-state index in [4.69, 9.17) is 9.47 Å². The van der Waals surface area contributed by atoms with Crippen LogP contribution < -0.4 is 0 Å². The Morgan fingerprint density at radius 2 is 0.765 bits per heavy atom. The van der Waals surface area contributed by atoms with Crippen molar-refractivity contribution in [1.29, 1.82) is 0 Å². The number of carbonyl (C=O) groups is 2. The molecular weight excluding hydrogens is 633 g/mol. The highest BCUT2D eigenvalue weighted by atomic mass is 16.6. The largest absolute Gasteiger partial charge is 0.462 e. The molecule has 1 N–H and O–H groups in total. The van der Waals surface area contributed by atoms with E-state index in [1.54, 1.807) is 0 Å². The van der Waals surface area contributed by atoms with Gasteiger partial charge >= 0.3 is 11.9 Å². The molecule has 0 saturated heterocycles. The number of aliphatic hydroxyl groups is 1. The summed E-state index contributed by atoms with van der Waals surface area (Å²) in [6.45, 7) is 4.10.